The van der Waals surface area contributed by atoms with Crippen molar-refractivity contribution in [3.8, 4) is 11.4 Å². The van der Waals surface area contributed by atoms with E-state index < -0.39 is 17.6 Å². The number of anilines is 1. The summed E-state index contributed by atoms with van der Waals surface area (Å²) in [6, 6.07) is 7.96. The Balaban J connectivity index is 1.27. The van der Waals surface area contributed by atoms with Gasteiger partial charge >= 0.3 is 6.18 Å². The Morgan fingerprint density at radius 3 is 2.56 bits per heavy atom. The molecule has 10 heteroatoms. The van der Waals surface area contributed by atoms with Gasteiger partial charge in [-0.1, -0.05) is 6.07 Å². The highest BCUT2D eigenvalue weighted by atomic mass is 19.4. The van der Waals surface area contributed by atoms with E-state index in [9.17, 15) is 22.4 Å². The Hall–Kier alpha value is -3.56. The van der Waals surface area contributed by atoms with Crippen LogP contribution in [0.4, 0.5) is 23.4 Å². The van der Waals surface area contributed by atoms with Crippen LogP contribution in [0.15, 0.2) is 55.0 Å². The van der Waals surface area contributed by atoms with Gasteiger partial charge < -0.3 is 10.2 Å². The number of alkyl halides is 3. The lowest BCUT2D eigenvalue weighted by Gasteiger charge is -2.48. The molecule has 2 aliphatic carbocycles. The Morgan fingerprint density at radius 2 is 1.85 bits per heavy atom. The second-order valence-electron chi connectivity index (χ2n) is 9.16. The summed E-state index contributed by atoms with van der Waals surface area (Å²) in [4.78, 5) is 27.6. The van der Waals surface area contributed by atoms with Crippen LogP contribution in [0.2, 0.25) is 0 Å². The number of likely N-dealkylation sites (tertiary alicyclic amines) is 1. The van der Waals surface area contributed by atoms with E-state index in [1.807, 2.05) is 0 Å². The summed E-state index contributed by atoms with van der Waals surface area (Å²) in [5.41, 5.74) is -0.530. The molecule has 3 fully saturated rings. The third-order valence-electron chi connectivity index (χ3n) is 7.32. The summed E-state index contributed by atoms with van der Waals surface area (Å²) in [5, 5.41) is 3.20. The van der Waals surface area contributed by atoms with Crippen LogP contribution in [0.5, 0.6) is 0 Å². The van der Waals surface area contributed by atoms with Gasteiger partial charge in [0, 0.05) is 31.2 Å². The SMILES string of the molecule is O=C(c1cccc(F)c1-c1ncccn1)N1CC2CC23CC(Nc2ccc(C(F)(F)F)cn2)C13. The molecule has 2 aromatic heterocycles. The number of hydrogen-bond acceptors (Lipinski definition) is 5. The molecule has 1 spiro atoms. The van der Waals surface area contributed by atoms with E-state index in [0.717, 1.165) is 25.1 Å². The highest BCUT2D eigenvalue weighted by Gasteiger charge is 2.75. The van der Waals surface area contributed by atoms with Crippen LogP contribution in [0.25, 0.3) is 11.4 Å². The summed E-state index contributed by atoms with van der Waals surface area (Å²) in [6.45, 7) is 0.563. The van der Waals surface area contributed by atoms with Crippen molar-refractivity contribution >= 4 is 11.7 Å². The number of halogens is 4. The van der Waals surface area contributed by atoms with Crippen molar-refractivity contribution in [2.75, 3.05) is 11.9 Å². The van der Waals surface area contributed by atoms with Gasteiger partial charge in [-0.05, 0) is 54.5 Å². The molecule has 3 aromatic rings. The van der Waals surface area contributed by atoms with Gasteiger partial charge in [0.25, 0.3) is 5.91 Å². The van der Waals surface area contributed by atoms with E-state index in [0.29, 0.717) is 18.3 Å². The smallest absolute Gasteiger partial charge is 0.365 e. The maximum absolute atomic E-state index is 14.8. The zero-order valence-electron chi connectivity index (χ0n) is 17.8. The van der Waals surface area contributed by atoms with E-state index in [1.54, 1.807) is 17.0 Å². The number of nitrogens with one attached hydrogen (secondary N) is 1. The second kappa shape index (κ2) is 7.22. The largest absolute Gasteiger partial charge is 0.417 e. The molecule has 2 saturated carbocycles. The quantitative estimate of drug-likeness (QED) is 0.574. The monoisotopic (exact) mass is 469 g/mol. The van der Waals surface area contributed by atoms with Crippen LogP contribution in [0.1, 0.15) is 28.8 Å². The van der Waals surface area contributed by atoms with Crippen LogP contribution < -0.4 is 5.32 Å². The molecule has 3 heterocycles. The van der Waals surface area contributed by atoms with Gasteiger partial charge in [-0.25, -0.2) is 19.3 Å². The molecule has 0 bridgehead atoms. The summed E-state index contributed by atoms with van der Waals surface area (Å²) in [5.74, 6) is -0.0300. The van der Waals surface area contributed by atoms with E-state index in [-0.39, 0.29) is 40.4 Å². The van der Waals surface area contributed by atoms with E-state index in [1.165, 1.54) is 30.6 Å². The number of pyridine rings is 1. The normalized spacial score (nSPS) is 26.9. The first kappa shape index (κ1) is 21.0. The molecule has 4 atom stereocenters. The maximum Gasteiger partial charge on any atom is 0.417 e. The van der Waals surface area contributed by atoms with Crippen molar-refractivity contribution in [3.05, 3.63) is 71.9 Å². The minimum absolute atomic E-state index is 0.0238. The van der Waals surface area contributed by atoms with Gasteiger partial charge in [0.1, 0.15) is 11.6 Å². The molecule has 174 valence electrons. The van der Waals surface area contributed by atoms with E-state index in [4.69, 9.17) is 0 Å². The Bertz CT molecular complexity index is 1270. The Kier molecular flexibility index (Phi) is 4.46. The number of rotatable bonds is 4. The van der Waals surface area contributed by atoms with Crippen molar-refractivity contribution in [1.29, 1.82) is 0 Å². The molecular weight excluding hydrogens is 450 g/mol. The van der Waals surface area contributed by atoms with E-state index in [2.05, 4.69) is 20.3 Å². The van der Waals surface area contributed by atoms with Gasteiger partial charge in [0.15, 0.2) is 5.82 Å². The van der Waals surface area contributed by atoms with Crippen LogP contribution in [0.3, 0.4) is 0 Å². The van der Waals surface area contributed by atoms with Gasteiger partial charge in [0.05, 0.1) is 22.7 Å². The Labute approximate surface area is 192 Å². The van der Waals surface area contributed by atoms with Crippen molar-refractivity contribution in [1.82, 2.24) is 19.9 Å². The fraction of sp³-hybridized carbons (Fsp3) is 0.333. The third kappa shape index (κ3) is 3.15. The third-order valence-corrected chi connectivity index (χ3v) is 7.32. The number of hydrogen-bond donors (Lipinski definition) is 1. The first-order chi connectivity index (χ1) is 16.3. The lowest BCUT2D eigenvalue weighted by molar-refractivity contribution is -0.137. The minimum atomic E-state index is -4.45. The predicted octanol–water partition coefficient (Wildman–Crippen LogP) is 4.41. The molecule has 1 amide bonds. The number of nitrogens with zero attached hydrogens (tertiary/aromatic N) is 4. The Morgan fingerprint density at radius 1 is 1.06 bits per heavy atom. The van der Waals surface area contributed by atoms with Crippen LogP contribution in [-0.2, 0) is 6.18 Å². The summed E-state index contributed by atoms with van der Waals surface area (Å²) >= 11 is 0. The number of benzene rings is 1. The number of carbonyl (C=O) groups is 1. The molecule has 1 aliphatic heterocycles. The molecule has 1 aromatic carbocycles. The predicted molar refractivity (Wildman–Crippen MR) is 114 cm³/mol. The van der Waals surface area contributed by atoms with Gasteiger partial charge in [-0.2, -0.15) is 13.2 Å². The van der Waals surface area contributed by atoms with Gasteiger partial charge in [-0.15, -0.1) is 0 Å². The number of piperidine rings is 1. The average Bonchev–Trinajstić information content (AvgIpc) is 3.47. The number of aromatic nitrogens is 3. The number of amides is 1. The average molecular weight is 469 g/mol. The molecule has 3 aliphatic rings. The van der Waals surface area contributed by atoms with Crippen LogP contribution in [0, 0.1) is 17.2 Å². The fourth-order valence-electron chi connectivity index (χ4n) is 5.71. The highest BCUT2D eigenvalue weighted by molar-refractivity contribution is 6.01. The molecule has 4 unspecified atom stereocenters. The molecule has 1 N–H and O–H groups in total. The maximum atomic E-state index is 14.8. The zero-order chi connectivity index (χ0) is 23.7. The van der Waals surface area contributed by atoms with Crippen molar-refractivity contribution < 1.29 is 22.4 Å². The summed E-state index contributed by atoms with van der Waals surface area (Å²) in [6.07, 6.45) is 1.16. The molecule has 0 radical (unpaired) electrons. The minimum Gasteiger partial charge on any atom is -0.365 e. The lowest BCUT2D eigenvalue weighted by Crippen LogP contribution is -2.60. The second-order valence-corrected chi connectivity index (χ2v) is 9.16. The molecule has 6 nitrogen and oxygen atoms in total. The summed E-state index contributed by atoms with van der Waals surface area (Å²) < 4.78 is 53.3. The number of carbonyl (C=O) groups excluding carboxylic acids is 1. The van der Waals surface area contributed by atoms with E-state index >= 15 is 0 Å². The fourth-order valence-corrected chi connectivity index (χ4v) is 5.71. The van der Waals surface area contributed by atoms with Crippen molar-refractivity contribution in [2.45, 2.75) is 31.1 Å². The molecule has 34 heavy (non-hydrogen) atoms. The van der Waals surface area contributed by atoms with Crippen LogP contribution in [-0.4, -0.2) is 44.4 Å². The molecular formula is C24H19F4N5O. The topological polar surface area (TPSA) is 71.0 Å². The van der Waals surface area contributed by atoms with Gasteiger partial charge in [0.2, 0.25) is 0 Å². The van der Waals surface area contributed by atoms with Crippen LogP contribution >= 0.6 is 0 Å². The molecule has 6 rings (SSSR count). The first-order valence-electron chi connectivity index (χ1n) is 10.9. The zero-order valence-corrected chi connectivity index (χ0v) is 17.8. The molecule has 1 saturated heterocycles. The lowest BCUT2D eigenvalue weighted by atomic mass is 9.71. The first-order valence-corrected chi connectivity index (χ1v) is 10.9. The summed E-state index contributed by atoms with van der Waals surface area (Å²) in [7, 11) is 0. The highest BCUT2D eigenvalue weighted by Crippen LogP contribution is 2.71. The van der Waals surface area contributed by atoms with Crippen molar-refractivity contribution in [2.24, 2.45) is 11.3 Å². The standard InChI is InChI=1S/C24H19F4N5O/c25-16-4-1-3-15(19(16)21-29-7-2-8-30-21)22(34)33-12-14-9-23(14)10-17(20(23)33)32-18-6-5-13(11-31-18)24(26,27)28/h1-8,11,14,17,20H,9-10,12H2,(H,31,32). The van der Waals surface area contributed by atoms with Crippen molar-refractivity contribution in [3.63, 3.8) is 0 Å². The van der Waals surface area contributed by atoms with Gasteiger partial charge in [-0.3, -0.25) is 4.79 Å².